The van der Waals surface area contributed by atoms with Gasteiger partial charge in [0, 0.05) is 4.90 Å². The maximum absolute atomic E-state index is 12.8. The van der Waals surface area contributed by atoms with Gasteiger partial charge in [-0.15, -0.1) is 11.8 Å². The molecular weight excluding hydrogens is 291 g/mol. The normalized spacial score (nSPS) is 10.2. The average molecular weight is 306 g/mol. The molecule has 0 aliphatic carbocycles. The molecule has 0 fully saturated rings. The number of ether oxygens (including phenoxy) is 2. The van der Waals surface area contributed by atoms with E-state index in [9.17, 15) is 9.18 Å². The first-order chi connectivity index (χ1) is 10.1. The Labute approximate surface area is 127 Å². The SMILES string of the molecule is COc1cc(SC)ccc1C(=O)OCc1ccc(F)cc1. The number of carbonyl (C=O) groups excluding carboxylic acids is 1. The van der Waals surface area contributed by atoms with Crippen LogP contribution >= 0.6 is 11.8 Å². The van der Waals surface area contributed by atoms with Gasteiger partial charge in [0.15, 0.2) is 0 Å². The van der Waals surface area contributed by atoms with Gasteiger partial charge in [-0.3, -0.25) is 0 Å². The Hall–Kier alpha value is -2.01. The molecule has 110 valence electrons. The van der Waals surface area contributed by atoms with Crippen LogP contribution in [-0.2, 0) is 11.3 Å². The van der Waals surface area contributed by atoms with E-state index >= 15 is 0 Å². The predicted octanol–water partition coefficient (Wildman–Crippen LogP) is 3.91. The largest absolute Gasteiger partial charge is 0.496 e. The molecule has 0 amide bonds. The molecule has 2 rings (SSSR count). The number of hydrogen-bond donors (Lipinski definition) is 0. The van der Waals surface area contributed by atoms with E-state index in [1.807, 2.05) is 12.3 Å². The molecule has 0 N–H and O–H groups in total. The third-order valence-electron chi connectivity index (χ3n) is 2.91. The minimum Gasteiger partial charge on any atom is -0.496 e. The summed E-state index contributed by atoms with van der Waals surface area (Å²) in [7, 11) is 1.51. The van der Waals surface area contributed by atoms with Crippen LogP contribution in [0, 0.1) is 5.82 Å². The summed E-state index contributed by atoms with van der Waals surface area (Å²) < 4.78 is 23.2. The van der Waals surface area contributed by atoms with E-state index in [-0.39, 0.29) is 12.4 Å². The third kappa shape index (κ3) is 3.98. The van der Waals surface area contributed by atoms with Crippen LogP contribution in [0.2, 0.25) is 0 Å². The van der Waals surface area contributed by atoms with Crippen molar-refractivity contribution in [1.82, 2.24) is 0 Å². The smallest absolute Gasteiger partial charge is 0.342 e. The Morgan fingerprint density at radius 1 is 1.19 bits per heavy atom. The molecule has 0 spiro atoms. The second-order valence-electron chi connectivity index (χ2n) is 4.27. The van der Waals surface area contributed by atoms with Crippen LogP contribution in [0.4, 0.5) is 4.39 Å². The molecule has 2 aromatic rings. The van der Waals surface area contributed by atoms with Crippen molar-refractivity contribution < 1.29 is 18.7 Å². The monoisotopic (exact) mass is 306 g/mol. The average Bonchev–Trinajstić information content (AvgIpc) is 2.53. The highest BCUT2D eigenvalue weighted by atomic mass is 32.2. The number of methoxy groups -OCH3 is 1. The van der Waals surface area contributed by atoms with Crippen molar-refractivity contribution >= 4 is 17.7 Å². The molecule has 0 aliphatic rings. The lowest BCUT2D eigenvalue weighted by Crippen LogP contribution is -2.07. The molecule has 0 bridgehead atoms. The van der Waals surface area contributed by atoms with Gasteiger partial charge in [0.05, 0.1) is 7.11 Å². The van der Waals surface area contributed by atoms with E-state index in [4.69, 9.17) is 9.47 Å². The number of esters is 1. The summed E-state index contributed by atoms with van der Waals surface area (Å²) in [6.45, 7) is 0.0898. The van der Waals surface area contributed by atoms with Crippen LogP contribution in [0.3, 0.4) is 0 Å². The molecule has 5 heteroatoms. The maximum atomic E-state index is 12.8. The van der Waals surface area contributed by atoms with Gasteiger partial charge in [-0.05, 0) is 42.2 Å². The quantitative estimate of drug-likeness (QED) is 0.620. The third-order valence-corrected chi connectivity index (χ3v) is 3.64. The molecule has 0 saturated heterocycles. The van der Waals surface area contributed by atoms with Crippen molar-refractivity contribution in [2.75, 3.05) is 13.4 Å². The van der Waals surface area contributed by atoms with Crippen molar-refractivity contribution in [1.29, 1.82) is 0 Å². The standard InChI is InChI=1S/C16H15FO3S/c1-19-15-9-13(21-2)7-8-14(15)16(18)20-10-11-3-5-12(17)6-4-11/h3-9H,10H2,1-2H3. The molecule has 0 radical (unpaired) electrons. The zero-order valence-corrected chi connectivity index (χ0v) is 12.6. The molecule has 0 heterocycles. The lowest BCUT2D eigenvalue weighted by Gasteiger charge is -2.10. The summed E-state index contributed by atoms with van der Waals surface area (Å²) in [5.74, 6) is -0.311. The Balaban J connectivity index is 2.07. The number of carbonyl (C=O) groups is 1. The van der Waals surface area contributed by atoms with Gasteiger partial charge in [-0.1, -0.05) is 12.1 Å². The summed E-state index contributed by atoms with van der Waals surface area (Å²) in [5, 5.41) is 0. The van der Waals surface area contributed by atoms with Gasteiger partial charge in [-0.2, -0.15) is 0 Å². The summed E-state index contributed by atoms with van der Waals surface area (Å²) >= 11 is 1.56. The van der Waals surface area contributed by atoms with Crippen LogP contribution in [-0.4, -0.2) is 19.3 Å². The molecule has 0 unspecified atom stereocenters. The van der Waals surface area contributed by atoms with Crippen LogP contribution in [0.15, 0.2) is 47.4 Å². The highest BCUT2D eigenvalue weighted by Crippen LogP contribution is 2.26. The minimum absolute atomic E-state index is 0.0898. The Kier molecular flexibility index (Phi) is 5.22. The topological polar surface area (TPSA) is 35.5 Å². The molecule has 21 heavy (non-hydrogen) atoms. The van der Waals surface area contributed by atoms with Crippen LogP contribution in [0.25, 0.3) is 0 Å². The number of halogens is 1. The van der Waals surface area contributed by atoms with Crippen molar-refractivity contribution in [3.8, 4) is 5.75 Å². The van der Waals surface area contributed by atoms with Crippen LogP contribution < -0.4 is 4.74 Å². The zero-order valence-electron chi connectivity index (χ0n) is 11.8. The van der Waals surface area contributed by atoms with E-state index in [1.165, 1.54) is 19.2 Å². The maximum Gasteiger partial charge on any atom is 0.342 e. The van der Waals surface area contributed by atoms with E-state index < -0.39 is 5.97 Å². The minimum atomic E-state index is -0.469. The number of thioether (sulfide) groups is 1. The van der Waals surface area contributed by atoms with E-state index in [0.29, 0.717) is 11.3 Å². The van der Waals surface area contributed by atoms with Gasteiger partial charge in [-0.25, -0.2) is 9.18 Å². The van der Waals surface area contributed by atoms with Gasteiger partial charge >= 0.3 is 5.97 Å². The summed E-state index contributed by atoms with van der Waals surface area (Å²) in [6.07, 6.45) is 1.95. The first kappa shape index (κ1) is 15.4. The van der Waals surface area contributed by atoms with E-state index in [2.05, 4.69) is 0 Å². The van der Waals surface area contributed by atoms with Gasteiger partial charge in [0.1, 0.15) is 23.7 Å². The van der Waals surface area contributed by atoms with Crippen molar-refractivity contribution in [3.63, 3.8) is 0 Å². The van der Waals surface area contributed by atoms with E-state index in [1.54, 1.807) is 36.0 Å². The Bertz CT molecular complexity index is 626. The fourth-order valence-corrected chi connectivity index (χ4v) is 2.20. The first-order valence-corrected chi connectivity index (χ1v) is 7.50. The van der Waals surface area contributed by atoms with Crippen molar-refractivity contribution in [3.05, 3.63) is 59.4 Å². The number of benzene rings is 2. The second kappa shape index (κ2) is 7.13. The van der Waals surface area contributed by atoms with Crippen LogP contribution in [0.5, 0.6) is 5.75 Å². The molecular formula is C16H15FO3S. The highest BCUT2D eigenvalue weighted by molar-refractivity contribution is 7.98. The lowest BCUT2D eigenvalue weighted by atomic mass is 10.2. The highest BCUT2D eigenvalue weighted by Gasteiger charge is 2.14. The second-order valence-corrected chi connectivity index (χ2v) is 5.15. The molecule has 0 aliphatic heterocycles. The van der Waals surface area contributed by atoms with Crippen molar-refractivity contribution in [2.45, 2.75) is 11.5 Å². The molecule has 0 aromatic heterocycles. The van der Waals surface area contributed by atoms with E-state index in [0.717, 1.165) is 10.5 Å². The van der Waals surface area contributed by atoms with Gasteiger partial charge in [0.2, 0.25) is 0 Å². The summed E-state index contributed by atoms with van der Waals surface area (Å²) in [4.78, 5) is 13.1. The lowest BCUT2D eigenvalue weighted by molar-refractivity contribution is 0.0469. The Morgan fingerprint density at radius 3 is 2.52 bits per heavy atom. The zero-order chi connectivity index (χ0) is 15.2. The first-order valence-electron chi connectivity index (χ1n) is 6.27. The van der Waals surface area contributed by atoms with Gasteiger partial charge in [0.25, 0.3) is 0 Å². The number of hydrogen-bond acceptors (Lipinski definition) is 4. The predicted molar refractivity (Wildman–Crippen MR) is 80.3 cm³/mol. The fraction of sp³-hybridized carbons (Fsp3) is 0.188. The van der Waals surface area contributed by atoms with Crippen molar-refractivity contribution in [2.24, 2.45) is 0 Å². The molecule has 0 saturated carbocycles. The molecule has 3 nitrogen and oxygen atoms in total. The Morgan fingerprint density at radius 2 is 1.90 bits per heavy atom. The number of rotatable bonds is 5. The van der Waals surface area contributed by atoms with Crippen LogP contribution in [0.1, 0.15) is 15.9 Å². The summed E-state index contributed by atoms with van der Waals surface area (Å²) in [5.41, 5.74) is 1.10. The summed E-state index contributed by atoms with van der Waals surface area (Å²) in [6, 6.07) is 11.1. The molecule has 2 aromatic carbocycles. The fourth-order valence-electron chi connectivity index (χ4n) is 1.77. The van der Waals surface area contributed by atoms with Gasteiger partial charge < -0.3 is 9.47 Å². The molecule has 0 atom stereocenters.